The Hall–Kier alpha value is -2.33. The maximum absolute atomic E-state index is 12.5. The van der Waals surface area contributed by atoms with E-state index in [-0.39, 0.29) is 11.3 Å². The van der Waals surface area contributed by atoms with E-state index in [4.69, 9.17) is 4.74 Å². The lowest BCUT2D eigenvalue weighted by Crippen LogP contribution is -2.43. The van der Waals surface area contributed by atoms with Gasteiger partial charge in [-0.15, -0.1) is 0 Å². The molecular formula is C18H19NO3. The Bertz CT molecular complexity index is 648. The molecule has 0 radical (unpaired) electrons. The van der Waals surface area contributed by atoms with Gasteiger partial charge in [0.2, 0.25) is 0 Å². The van der Waals surface area contributed by atoms with Crippen LogP contribution in [0.2, 0.25) is 0 Å². The second kappa shape index (κ2) is 6.20. The van der Waals surface area contributed by atoms with Crippen LogP contribution < -0.4 is 5.32 Å². The van der Waals surface area contributed by atoms with E-state index in [2.05, 4.69) is 5.32 Å². The molecule has 4 nitrogen and oxygen atoms in total. The molecule has 4 heteroatoms. The summed E-state index contributed by atoms with van der Waals surface area (Å²) in [6.45, 7) is 1.59. The molecular weight excluding hydrogens is 278 g/mol. The summed E-state index contributed by atoms with van der Waals surface area (Å²) in [5.41, 5.74) is 0.572. The van der Waals surface area contributed by atoms with E-state index >= 15 is 0 Å². The fourth-order valence-electron chi connectivity index (χ4n) is 2.90. The topological polar surface area (TPSA) is 58.6 Å². The Balaban J connectivity index is 1.91. The largest absolute Gasteiger partial charge is 0.507 e. The van der Waals surface area contributed by atoms with Crippen LogP contribution in [0, 0.1) is 0 Å². The molecule has 0 atom stereocenters. The van der Waals surface area contributed by atoms with Gasteiger partial charge in [-0.2, -0.15) is 0 Å². The van der Waals surface area contributed by atoms with Crippen LogP contribution in [0.5, 0.6) is 5.75 Å². The molecule has 1 saturated heterocycles. The maximum atomic E-state index is 12.5. The number of carbonyl (C=O) groups excluding carboxylic acids is 1. The number of rotatable bonds is 3. The van der Waals surface area contributed by atoms with Crippen LogP contribution in [0.4, 0.5) is 0 Å². The number of phenolic OH excluding ortho intramolecular Hbond substituents is 1. The number of phenols is 1. The van der Waals surface area contributed by atoms with Crippen LogP contribution in [0.25, 0.3) is 0 Å². The second-order valence-corrected chi connectivity index (χ2v) is 5.52. The van der Waals surface area contributed by atoms with E-state index in [0.717, 1.165) is 31.5 Å². The number of hydrogen-bond donors (Lipinski definition) is 2. The number of hydrogen-bond acceptors (Lipinski definition) is 4. The average molecular weight is 297 g/mol. The van der Waals surface area contributed by atoms with Crippen molar-refractivity contribution < 1.29 is 14.6 Å². The fourth-order valence-corrected chi connectivity index (χ4v) is 2.90. The molecule has 1 fully saturated rings. The molecule has 0 bridgehead atoms. The lowest BCUT2D eigenvalue weighted by atomic mass is 9.84. The van der Waals surface area contributed by atoms with E-state index in [1.165, 1.54) is 6.07 Å². The normalized spacial score (nSPS) is 16.9. The monoisotopic (exact) mass is 297 g/mol. The standard InChI is InChI=1S/C18H19NO3/c20-16-9-5-4-8-15(16)17(21)22-18(10-12-19-13-11-18)14-6-2-1-3-7-14/h1-9,19-20H,10-13H2. The first-order valence-electron chi connectivity index (χ1n) is 7.49. The van der Waals surface area contributed by atoms with Crippen molar-refractivity contribution in [2.45, 2.75) is 18.4 Å². The molecule has 0 amide bonds. The Morgan fingerprint density at radius 3 is 2.32 bits per heavy atom. The Morgan fingerprint density at radius 2 is 1.64 bits per heavy atom. The summed E-state index contributed by atoms with van der Waals surface area (Å²) in [7, 11) is 0. The van der Waals surface area contributed by atoms with Crippen LogP contribution in [-0.4, -0.2) is 24.2 Å². The Morgan fingerprint density at radius 1 is 1.00 bits per heavy atom. The van der Waals surface area contributed by atoms with Gasteiger partial charge in [0.1, 0.15) is 16.9 Å². The van der Waals surface area contributed by atoms with Gasteiger partial charge in [0.25, 0.3) is 0 Å². The summed E-state index contributed by atoms with van der Waals surface area (Å²) in [5.74, 6) is -0.534. The number of piperidine rings is 1. The van der Waals surface area contributed by atoms with Gasteiger partial charge < -0.3 is 15.2 Å². The summed E-state index contributed by atoms with van der Waals surface area (Å²) < 4.78 is 5.89. The summed E-state index contributed by atoms with van der Waals surface area (Å²) in [5, 5.41) is 13.1. The molecule has 0 aliphatic carbocycles. The highest BCUT2D eigenvalue weighted by Gasteiger charge is 2.38. The number of para-hydroxylation sites is 1. The van der Waals surface area contributed by atoms with Crippen LogP contribution in [0.15, 0.2) is 54.6 Å². The molecule has 2 aromatic rings. The molecule has 114 valence electrons. The molecule has 0 saturated carbocycles. The molecule has 3 rings (SSSR count). The maximum Gasteiger partial charge on any atom is 0.342 e. The lowest BCUT2D eigenvalue weighted by Gasteiger charge is -2.37. The molecule has 0 spiro atoms. The second-order valence-electron chi connectivity index (χ2n) is 5.52. The quantitative estimate of drug-likeness (QED) is 0.855. The van der Waals surface area contributed by atoms with Crippen molar-refractivity contribution in [3.05, 3.63) is 65.7 Å². The highest BCUT2D eigenvalue weighted by atomic mass is 16.6. The summed E-state index contributed by atoms with van der Waals surface area (Å²) in [6.07, 6.45) is 1.44. The predicted molar refractivity (Wildman–Crippen MR) is 83.7 cm³/mol. The van der Waals surface area contributed by atoms with Crippen LogP contribution in [0.3, 0.4) is 0 Å². The SMILES string of the molecule is O=C(OC1(c2ccccc2)CCNCC1)c1ccccc1O. The zero-order chi connectivity index (χ0) is 15.4. The predicted octanol–water partition coefficient (Wildman–Crippen LogP) is 2.83. The van der Waals surface area contributed by atoms with E-state index in [1.807, 2.05) is 30.3 Å². The Labute approximate surface area is 129 Å². The Kier molecular flexibility index (Phi) is 4.11. The van der Waals surface area contributed by atoms with E-state index < -0.39 is 11.6 Å². The van der Waals surface area contributed by atoms with Crippen LogP contribution in [-0.2, 0) is 10.3 Å². The highest BCUT2D eigenvalue weighted by molar-refractivity contribution is 5.92. The van der Waals surface area contributed by atoms with Gasteiger partial charge in [-0.1, -0.05) is 42.5 Å². The molecule has 0 unspecified atom stereocenters. The third-order valence-electron chi connectivity index (χ3n) is 4.12. The first-order valence-corrected chi connectivity index (χ1v) is 7.49. The minimum Gasteiger partial charge on any atom is -0.507 e. The zero-order valence-electron chi connectivity index (χ0n) is 12.3. The van der Waals surface area contributed by atoms with E-state index in [0.29, 0.717) is 0 Å². The van der Waals surface area contributed by atoms with Gasteiger partial charge in [0.15, 0.2) is 0 Å². The van der Waals surface area contributed by atoms with Crippen molar-refractivity contribution in [1.82, 2.24) is 5.32 Å². The van der Waals surface area contributed by atoms with Crippen molar-refractivity contribution in [1.29, 1.82) is 0 Å². The van der Waals surface area contributed by atoms with Crippen LogP contribution >= 0.6 is 0 Å². The number of esters is 1. The minimum absolute atomic E-state index is 0.0513. The average Bonchev–Trinajstić information content (AvgIpc) is 2.57. The van der Waals surface area contributed by atoms with Gasteiger partial charge in [-0.3, -0.25) is 0 Å². The van der Waals surface area contributed by atoms with Crippen LogP contribution in [0.1, 0.15) is 28.8 Å². The third-order valence-corrected chi connectivity index (χ3v) is 4.12. The fraction of sp³-hybridized carbons (Fsp3) is 0.278. The molecule has 1 aliphatic heterocycles. The molecule has 2 aromatic carbocycles. The first kappa shape index (κ1) is 14.6. The van der Waals surface area contributed by atoms with Crippen molar-refractivity contribution >= 4 is 5.97 Å². The summed E-state index contributed by atoms with van der Waals surface area (Å²) in [6, 6.07) is 16.3. The van der Waals surface area contributed by atoms with Gasteiger partial charge >= 0.3 is 5.97 Å². The molecule has 2 N–H and O–H groups in total. The van der Waals surface area contributed by atoms with Crippen molar-refractivity contribution in [3.63, 3.8) is 0 Å². The van der Waals surface area contributed by atoms with Crippen molar-refractivity contribution in [3.8, 4) is 5.75 Å². The number of aromatic hydroxyl groups is 1. The lowest BCUT2D eigenvalue weighted by molar-refractivity contribution is -0.0380. The van der Waals surface area contributed by atoms with Gasteiger partial charge in [0.05, 0.1) is 0 Å². The van der Waals surface area contributed by atoms with E-state index in [1.54, 1.807) is 18.2 Å². The van der Waals surface area contributed by atoms with Gasteiger partial charge in [-0.25, -0.2) is 4.79 Å². The smallest absolute Gasteiger partial charge is 0.342 e. The molecule has 22 heavy (non-hydrogen) atoms. The molecule has 0 aromatic heterocycles. The minimum atomic E-state index is -0.633. The summed E-state index contributed by atoms with van der Waals surface area (Å²) >= 11 is 0. The van der Waals surface area contributed by atoms with E-state index in [9.17, 15) is 9.90 Å². The number of nitrogens with one attached hydrogen (secondary N) is 1. The third kappa shape index (κ3) is 2.83. The highest BCUT2D eigenvalue weighted by Crippen LogP contribution is 2.36. The van der Waals surface area contributed by atoms with Gasteiger partial charge in [0, 0.05) is 12.8 Å². The van der Waals surface area contributed by atoms with Crippen molar-refractivity contribution in [2.24, 2.45) is 0 Å². The molecule has 1 aliphatic rings. The number of benzene rings is 2. The zero-order valence-corrected chi connectivity index (χ0v) is 12.3. The molecule has 1 heterocycles. The van der Waals surface area contributed by atoms with Gasteiger partial charge in [-0.05, 0) is 30.8 Å². The number of ether oxygens (including phenoxy) is 1. The van der Waals surface area contributed by atoms with Crippen molar-refractivity contribution in [2.75, 3.05) is 13.1 Å². The first-order chi connectivity index (χ1) is 10.7. The number of carbonyl (C=O) groups is 1. The summed E-state index contributed by atoms with van der Waals surface area (Å²) in [4.78, 5) is 12.5.